The van der Waals surface area contributed by atoms with Crippen LogP contribution >= 0.6 is 0 Å². The van der Waals surface area contributed by atoms with E-state index in [0.29, 0.717) is 27.8 Å². The van der Waals surface area contributed by atoms with Crippen LogP contribution in [-0.4, -0.2) is 33.5 Å². The molecule has 1 fully saturated rings. The van der Waals surface area contributed by atoms with Crippen LogP contribution in [0, 0.1) is 0 Å². The van der Waals surface area contributed by atoms with Crippen molar-refractivity contribution < 1.29 is 9.21 Å². The van der Waals surface area contributed by atoms with Crippen LogP contribution in [0.15, 0.2) is 50.4 Å². The van der Waals surface area contributed by atoms with E-state index >= 15 is 0 Å². The average Bonchev–Trinajstić information content (AvgIpc) is 3.40. The molecule has 3 N–H and O–H groups in total. The number of aromatic nitrogens is 3. The number of nitrogens with one attached hydrogen (secondary N) is 3. The maximum atomic E-state index is 12.8. The molecule has 1 aliphatic heterocycles. The van der Waals surface area contributed by atoms with Gasteiger partial charge in [0.15, 0.2) is 5.58 Å². The lowest BCUT2D eigenvalue weighted by Gasteiger charge is -2.22. The van der Waals surface area contributed by atoms with E-state index in [4.69, 9.17) is 4.42 Å². The summed E-state index contributed by atoms with van der Waals surface area (Å²) in [7, 11) is 0. The fraction of sp³-hybridized carbons (Fsp3) is 0.250. The molecule has 4 aromatic rings. The van der Waals surface area contributed by atoms with Crippen molar-refractivity contribution in [3.8, 4) is 0 Å². The number of carbonyl (C=O) groups excluding carboxylic acids is 1. The zero-order valence-corrected chi connectivity index (χ0v) is 15.5. The summed E-state index contributed by atoms with van der Waals surface area (Å²) in [6, 6.07) is 10.6. The van der Waals surface area contributed by atoms with Gasteiger partial charge in [-0.3, -0.25) is 9.36 Å². The van der Waals surface area contributed by atoms with Crippen LogP contribution in [0.25, 0.3) is 22.1 Å². The first-order valence-electron chi connectivity index (χ1n) is 9.48. The Hall–Kier alpha value is -3.75. The van der Waals surface area contributed by atoms with Crippen molar-refractivity contribution in [2.75, 3.05) is 23.3 Å². The Labute approximate surface area is 163 Å². The molecule has 9 nitrogen and oxygen atoms in total. The molecule has 1 saturated heterocycles. The zero-order chi connectivity index (χ0) is 20.0. The standard InChI is InChI=1S/C20H19N5O4/c26-18(11-25-15-5-1-2-6-17(15)29-20(25)28)21-14-9-12-13(23-19(27)22-12)10-16(14)24-7-3-4-8-24/h1-2,5-6,9-10H,3-4,7-8,11H2,(H,21,26)(H2,22,23,27). The van der Waals surface area contributed by atoms with E-state index in [-0.39, 0.29) is 18.1 Å². The van der Waals surface area contributed by atoms with Gasteiger partial charge in [-0.2, -0.15) is 0 Å². The lowest BCUT2D eigenvalue weighted by Crippen LogP contribution is -2.26. The summed E-state index contributed by atoms with van der Waals surface area (Å²) in [4.78, 5) is 44.2. The quantitative estimate of drug-likeness (QED) is 0.490. The highest BCUT2D eigenvalue weighted by Gasteiger charge is 2.20. The second-order valence-corrected chi connectivity index (χ2v) is 7.16. The van der Waals surface area contributed by atoms with Crippen LogP contribution < -0.4 is 21.7 Å². The summed E-state index contributed by atoms with van der Waals surface area (Å²) in [6.07, 6.45) is 2.15. The number of rotatable bonds is 4. The van der Waals surface area contributed by atoms with E-state index < -0.39 is 5.76 Å². The molecule has 9 heteroatoms. The number of para-hydroxylation sites is 2. The first-order chi connectivity index (χ1) is 14.1. The number of hydrogen-bond acceptors (Lipinski definition) is 5. The van der Waals surface area contributed by atoms with E-state index in [0.717, 1.165) is 31.6 Å². The highest BCUT2D eigenvalue weighted by Crippen LogP contribution is 2.32. The van der Waals surface area contributed by atoms with Gasteiger partial charge in [0, 0.05) is 13.1 Å². The van der Waals surface area contributed by atoms with Gasteiger partial charge in [-0.1, -0.05) is 12.1 Å². The number of oxazole rings is 1. The third-order valence-electron chi connectivity index (χ3n) is 5.23. The van der Waals surface area contributed by atoms with Gasteiger partial charge in [0.25, 0.3) is 0 Å². The minimum absolute atomic E-state index is 0.170. The predicted octanol–water partition coefficient (Wildman–Crippen LogP) is 2.00. The van der Waals surface area contributed by atoms with Gasteiger partial charge in [-0.15, -0.1) is 0 Å². The number of H-pyrrole nitrogens is 2. The summed E-state index contributed by atoms with van der Waals surface area (Å²) in [5.74, 6) is -0.928. The van der Waals surface area contributed by atoms with Crippen molar-refractivity contribution in [1.82, 2.24) is 14.5 Å². The summed E-state index contributed by atoms with van der Waals surface area (Å²) in [6.45, 7) is 1.60. The summed E-state index contributed by atoms with van der Waals surface area (Å²) < 4.78 is 6.49. The summed E-state index contributed by atoms with van der Waals surface area (Å²) in [5.41, 5.74) is 3.45. The Morgan fingerprint density at radius 2 is 1.79 bits per heavy atom. The lowest BCUT2D eigenvalue weighted by atomic mass is 10.2. The smallest absolute Gasteiger partial charge is 0.408 e. The predicted molar refractivity (Wildman–Crippen MR) is 109 cm³/mol. The molecule has 0 radical (unpaired) electrons. The maximum absolute atomic E-state index is 12.8. The van der Waals surface area contributed by atoms with Crippen molar-refractivity contribution in [3.63, 3.8) is 0 Å². The molecule has 2 aromatic carbocycles. The molecular formula is C20H19N5O4. The highest BCUT2D eigenvalue weighted by molar-refractivity contribution is 5.98. The number of imidazole rings is 1. The Balaban J connectivity index is 1.49. The molecule has 1 aliphatic rings. The van der Waals surface area contributed by atoms with E-state index in [2.05, 4.69) is 20.2 Å². The first kappa shape index (κ1) is 17.4. The molecule has 5 rings (SSSR count). The van der Waals surface area contributed by atoms with Crippen molar-refractivity contribution in [1.29, 1.82) is 0 Å². The van der Waals surface area contributed by atoms with Crippen molar-refractivity contribution in [3.05, 3.63) is 57.4 Å². The number of benzene rings is 2. The zero-order valence-electron chi connectivity index (χ0n) is 15.5. The number of aromatic amines is 2. The second kappa shape index (κ2) is 6.69. The van der Waals surface area contributed by atoms with Gasteiger partial charge < -0.3 is 24.6 Å². The van der Waals surface area contributed by atoms with Crippen LogP contribution in [0.4, 0.5) is 11.4 Å². The van der Waals surface area contributed by atoms with Gasteiger partial charge in [0.2, 0.25) is 5.91 Å². The molecular weight excluding hydrogens is 374 g/mol. The number of anilines is 2. The molecule has 148 valence electrons. The van der Waals surface area contributed by atoms with Crippen LogP contribution in [-0.2, 0) is 11.3 Å². The van der Waals surface area contributed by atoms with Crippen LogP contribution in [0.3, 0.4) is 0 Å². The Kier molecular flexibility index (Phi) is 4.01. The summed E-state index contributed by atoms with van der Waals surface area (Å²) >= 11 is 0. The van der Waals surface area contributed by atoms with Gasteiger partial charge in [-0.05, 0) is 37.1 Å². The maximum Gasteiger partial charge on any atom is 0.420 e. The fourth-order valence-electron chi connectivity index (χ4n) is 3.89. The van der Waals surface area contributed by atoms with Gasteiger partial charge in [0.05, 0.1) is 27.9 Å². The normalized spacial score (nSPS) is 14.1. The molecule has 2 aromatic heterocycles. The monoisotopic (exact) mass is 393 g/mol. The molecule has 1 amide bonds. The van der Waals surface area contributed by atoms with E-state index in [1.807, 2.05) is 6.07 Å². The Morgan fingerprint density at radius 3 is 2.59 bits per heavy atom. The molecule has 0 spiro atoms. The molecule has 0 unspecified atom stereocenters. The number of amides is 1. The largest absolute Gasteiger partial charge is 0.420 e. The minimum Gasteiger partial charge on any atom is -0.408 e. The third-order valence-corrected chi connectivity index (χ3v) is 5.23. The Bertz CT molecular complexity index is 1340. The van der Waals surface area contributed by atoms with E-state index in [9.17, 15) is 14.4 Å². The van der Waals surface area contributed by atoms with Crippen molar-refractivity contribution in [2.24, 2.45) is 0 Å². The number of hydrogen-bond donors (Lipinski definition) is 3. The average molecular weight is 393 g/mol. The van der Waals surface area contributed by atoms with E-state index in [1.165, 1.54) is 4.57 Å². The van der Waals surface area contributed by atoms with Gasteiger partial charge in [-0.25, -0.2) is 9.59 Å². The number of carbonyl (C=O) groups is 1. The van der Waals surface area contributed by atoms with Crippen molar-refractivity contribution >= 4 is 39.4 Å². The highest BCUT2D eigenvalue weighted by atomic mass is 16.4. The van der Waals surface area contributed by atoms with Crippen LogP contribution in [0.1, 0.15) is 12.8 Å². The number of nitrogens with zero attached hydrogens (tertiary/aromatic N) is 2. The van der Waals surface area contributed by atoms with Gasteiger partial charge >= 0.3 is 11.4 Å². The molecule has 0 aliphatic carbocycles. The molecule has 0 atom stereocenters. The van der Waals surface area contributed by atoms with E-state index in [1.54, 1.807) is 30.3 Å². The Morgan fingerprint density at radius 1 is 1.07 bits per heavy atom. The lowest BCUT2D eigenvalue weighted by molar-refractivity contribution is -0.116. The SMILES string of the molecule is O=C(Cn1c(=O)oc2ccccc21)Nc1cc2[nH]c(=O)[nH]c2cc1N1CCCC1. The molecule has 3 heterocycles. The van der Waals surface area contributed by atoms with Crippen LogP contribution in [0.5, 0.6) is 0 Å². The topological polar surface area (TPSA) is 116 Å². The third kappa shape index (κ3) is 3.10. The summed E-state index contributed by atoms with van der Waals surface area (Å²) in [5, 5.41) is 2.90. The van der Waals surface area contributed by atoms with Crippen LogP contribution in [0.2, 0.25) is 0 Å². The molecule has 29 heavy (non-hydrogen) atoms. The van der Waals surface area contributed by atoms with Gasteiger partial charge in [0.1, 0.15) is 6.54 Å². The molecule has 0 saturated carbocycles. The minimum atomic E-state index is -0.577. The first-order valence-corrected chi connectivity index (χ1v) is 9.48. The second-order valence-electron chi connectivity index (χ2n) is 7.16. The number of fused-ring (bicyclic) bond motifs is 2. The molecule has 0 bridgehead atoms. The fourth-order valence-corrected chi connectivity index (χ4v) is 3.89. The van der Waals surface area contributed by atoms with Crippen molar-refractivity contribution in [2.45, 2.75) is 19.4 Å².